The van der Waals surface area contributed by atoms with E-state index in [9.17, 15) is 0 Å². The van der Waals surface area contributed by atoms with Crippen molar-refractivity contribution in [3.8, 4) is 39.1 Å². The summed E-state index contributed by atoms with van der Waals surface area (Å²) in [6, 6.07) is 24.1. The van der Waals surface area contributed by atoms with E-state index in [0.29, 0.717) is 5.56 Å². The fraction of sp³-hybridized carbons (Fsp3) is 0.0250. The summed E-state index contributed by atoms with van der Waals surface area (Å²) >= 11 is 0. The third-order valence-electron chi connectivity index (χ3n) is 7.65. The maximum Gasteiger partial charge on any atom is 0.111 e. The van der Waals surface area contributed by atoms with E-state index in [4.69, 9.17) is 18.7 Å². The maximum atomic E-state index is 8.82. The molecule has 8 rings (SSSR count). The second-order valence-corrected chi connectivity index (χ2v) is 10.1. The standard InChI is InChI=1S/C40H28N2/c1-27-41-37-22-12-13-23-38(37)42(27)40-35-20-10-8-18-33(35)39(34-19-9-11-21-36(34)40)32-25-30(28-14-4-2-5-15-28)24-31(26-32)29-16-6-3-7-17-29/h2-26H,1H3/i2D,3D,4D,5D,6D,7D,14D,15D,16D,17D. The molecule has 198 valence electrons. The van der Waals surface area contributed by atoms with Gasteiger partial charge in [0.05, 0.1) is 30.4 Å². The van der Waals surface area contributed by atoms with Crippen LogP contribution in [0.3, 0.4) is 0 Å². The Morgan fingerprint density at radius 2 is 1.00 bits per heavy atom. The molecule has 0 saturated heterocycles. The maximum absolute atomic E-state index is 8.82. The molecule has 0 amide bonds. The van der Waals surface area contributed by atoms with Crippen molar-refractivity contribution in [1.29, 1.82) is 0 Å². The molecule has 0 atom stereocenters. The van der Waals surface area contributed by atoms with Gasteiger partial charge < -0.3 is 0 Å². The van der Waals surface area contributed by atoms with Crippen LogP contribution in [0.15, 0.2) is 151 Å². The first-order valence-corrected chi connectivity index (χ1v) is 13.6. The molecule has 0 aliphatic heterocycles. The van der Waals surface area contributed by atoms with Gasteiger partial charge in [-0.3, -0.25) is 4.57 Å². The van der Waals surface area contributed by atoms with Crippen LogP contribution in [0.2, 0.25) is 0 Å². The number of aromatic nitrogens is 2. The number of imidazole rings is 1. The first-order valence-electron chi connectivity index (χ1n) is 18.6. The van der Waals surface area contributed by atoms with Gasteiger partial charge in [-0.2, -0.15) is 0 Å². The topological polar surface area (TPSA) is 17.8 Å². The monoisotopic (exact) mass is 546 g/mol. The SMILES string of the molecule is [2H]c1c([2H])c([2H])c(-c2cc(-c3c([2H])c([2H])c([2H])c([2H])c3[2H])cc(-c3c4ccccc4c(-n4c(C)nc5ccccc54)c4ccccc34)c2)c([2H])c1[2H]. The lowest BCUT2D eigenvalue weighted by Gasteiger charge is -2.20. The lowest BCUT2D eigenvalue weighted by molar-refractivity contribution is 1.02. The summed E-state index contributed by atoms with van der Waals surface area (Å²) in [7, 11) is 0. The molecule has 1 aromatic heterocycles. The molecule has 0 aliphatic carbocycles. The number of aryl methyl sites for hydroxylation is 1. The average Bonchev–Trinajstić information content (AvgIpc) is 3.48. The van der Waals surface area contributed by atoms with E-state index in [1.165, 1.54) is 6.07 Å². The molecule has 2 nitrogen and oxygen atoms in total. The summed E-state index contributed by atoms with van der Waals surface area (Å²) in [5, 5.41) is 3.50. The van der Waals surface area contributed by atoms with Gasteiger partial charge in [0.25, 0.3) is 0 Å². The van der Waals surface area contributed by atoms with Crippen molar-refractivity contribution in [3.63, 3.8) is 0 Å². The Morgan fingerprint density at radius 3 is 1.57 bits per heavy atom. The van der Waals surface area contributed by atoms with E-state index in [-0.39, 0.29) is 22.3 Å². The van der Waals surface area contributed by atoms with E-state index < -0.39 is 60.4 Å². The average molecular weight is 547 g/mol. The van der Waals surface area contributed by atoms with Crippen LogP contribution in [0.25, 0.3) is 71.6 Å². The molecule has 0 aliphatic rings. The normalized spacial score (nSPS) is 14.8. The zero-order chi connectivity index (χ0) is 36.7. The quantitative estimate of drug-likeness (QED) is 0.201. The number of fused-ring (bicyclic) bond motifs is 3. The van der Waals surface area contributed by atoms with Gasteiger partial charge in [0, 0.05) is 10.8 Å². The molecule has 0 saturated carbocycles. The van der Waals surface area contributed by atoms with E-state index in [1.807, 2.05) is 79.7 Å². The summed E-state index contributed by atoms with van der Waals surface area (Å²) in [6.07, 6.45) is 0. The highest BCUT2D eigenvalue weighted by molar-refractivity contribution is 6.19. The largest absolute Gasteiger partial charge is 0.295 e. The number of hydrogen-bond acceptors (Lipinski definition) is 1. The highest BCUT2D eigenvalue weighted by Gasteiger charge is 2.20. The van der Waals surface area contributed by atoms with Crippen molar-refractivity contribution in [2.75, 3.05) is 0 Å². The first-order chi connectivity index (χ1) is 24.9. The predicted octanol–water partition coefficient (Wildman–Crippen LogP) is 10.6. The number of nitrogens with zero attached hydrogens (tertiary/aromatic N) is 2. The van der Waals surface area contributed by atoms with Crippen molar-refractivity contribution in [1.82, 2.24) is 9.55 Å². The minimum absolute atomic E-state index is 0.0628. The van der Waals surface area contributed by atoms with Gasteiger partial charge in [0.1, 0.15) is 5.82 Å². The second kappa shape index (κ2) is 9.87. The fourth-order valence-corrected chi connectivity index (χ4v) is 5.94. The molecule has 0 spiro atoms. The van der Waals surface area contributed by atoms with Crippen molar-refractivity contribution in [2.24, 2.45) is 0 Å². The molecule has 0 fully saturated rings. The van der Waals surface area contributed by atoms with Gasteiger partial charge >= 0.3 is 0 Å². The Hall–Kier alpha value is -5.47. The van der Waals surface area contributed by atoms with Gasteiger partial charge in [0.15, 0.2) is 0 Å². The van der Waals surface area contributed by atoms with Crippen LogP contribution in [0.4, 0.5) is 0 Å². The van der Waals surface area contributed by atoms with E-state index >= 15 is 0 Å². The third kappa shape index (κ3) is 3.92. The molecular weight excluding hydrogens is 508 g/mol. The summed E-state index contributed by atoms with van der Waals surface area (Å²) in [4.78, 5) is 4.85. The van der Waals surface area contributed by atoms with Crippen LogP contribution in [-0.4, -0.2) is 9.55 Å². The van der Waals surface area contributed by atoms with Crippen molar-refractivity contribution < 1.29 is 13.7 Å². The summed E-state index contributed by atoms with van der Waals surface area (Å²) in [5.41, 5.74) is 4.40. The Kier molecular flexibility index (Phi) is 3.78. The number of para-hydroxylation sites is 2. The number of hydrogen-bond donors (Lipinski definition) is 0. The summed E-state index contributed by atoms with van der Waals surface area (Å²) < 4.78 is 87.4. The van der Waals surface area contributed by atoms with Crippen LogP contribution in [0, 0.1) is 6.92 Å². The summed E-state index contributed by atoms with van der Waals surface area (Å²) in [5.74, 6) is 0.802. The Morgan fingerprint density at radius 1 is 0.524 bits per heavy atom. The highest BCUT2D eigenvalue weighted by atomic mass is 15.1. The fourth-order valence-electron chi connectivity index (χ4n) is 5.94. The molecule has 8 aromatic rings. The van der Waals surface area contributed by atoms with Gasteiger partial charge in [0.2, 0.25) is 0 Å². The predicted molar refractivity (Wildman–Crippen MR) is 177 cm³/mol. The lowest BCUT2D eigenvalue weighted by Crippen LogP contribution is -2.01. The molecule has 0 unspecified atom stereocenters. The first kappa shape index (κ1) is 16.1. The minimum Gasteiger partial charge on any atom is -0.295 e. The van der Waals surface area contributed by atoms with Crippen LogP contribution < -0.4 is 0 Å². The molecule has 0 bridgehead atoms. The zero-order valence-electron chi connectivity index (χ0n) is 32.6. The molecule has 0 radical (unpaired) electrons. The smallest absolute Gasteiger partial charge is 0.111 e. The third-order valence-corrected chi connectivity index (χ3v) is 7.65. The van der Waals surface area contributed by atoms with E-state index in [1.54, 1.807) is 12.1 Å². The van der Waals surface area contributed by atoms with Crippen molar-refractivity contribution in [3.05, 3.63) is 157 Å². The van der Waals surface area contributed by atoms with Gasteiger partial charge in [-0.15, -0.1) is 0 Å². The second-order valence-electron chi connectivity index (χ2n) is 10.1. The number of rotatable bonds is 4. The molecule has 42 heavy (non-hydrogen) atoms. The minimum atomic E-state index is -0.532. The zero-order valence-corrected chi connectivity index (χ0v) is 22.6. The van der Waals surface area contributed by atoms with Gasteiger partial charge in [-0.25, -0.2) is 4.98 Å². The molecule has 0 N–H and O–H groups in total. The van der Waals surface area contributed by atoms with Crippen LogP contribution in [0.1, 0.15) is 19.5 Å². The molecule has 2 heteroatoms. The van der Waals surface area contributed by atoms with E-state index in [0.717, 1.165) is 49.7 Å². The lowest BCUT2D eigenvalue weighted by atomic mass is 9.87. The van der Waals surface area contributed by atoms with Crippen molar-refractivity contribution >= 4 is 32.6 Å². The van der Waals surface area contributed by atoms with E-state index in [2.05, 4.69) is 4.57 Å². The van der Waals surface area contributed by atoms with Crippen LogP contribution in [-0.2, 0) is 0 Å². The Bertz CT molecular complexity index is 2620. The molecule has 1 heterocycles. The van der Waals surface area contributed by atoms with Crippen molar-refractivity contribution in [2.45, 2.75) is 6.92 Å². The molecule has 7 aromatic carbocycles. The van der Waals surface area contributed by atoms with Crippen LogP contribution >= 0.6 is 0 Å². The highest BCUT2D eigenvalue weighted by Crippen LogP contribution is 2.44. The van der Waals surface area contributed by atoms with Crippen LogP contribution in [0.5, 0.6) is 0 Å². The van der Waals surface area contributed by atoms with Gasteiger partial charge in [-0.05, 0) is 81.4 Å². The Labute approximate surface area is 259 Å². The molecular formula is C40H28N2. The van der Waals surface area contributed by atoms with Gasteiger partial charge in [-0.1, -0.05) is 121 Å². The number of benzene rings is 7. The Balaban J connectivity index is 1.55. The summed E-state index contributed by atoms with van der Waals surface area (Å²) in [6.45, 7) is 1.97.